The Morgan fingerprint density at radius 1 is 1.27 bits per heavy atom. The van der Waals surface area contributed by atoms with Crippen LogP contribution in [0.5, 0.6) is 11.5 Å². The first-order valence-corrected chi connectivity index (χ1v) is 9.22. The summed E-state index contributed by atoms with van der Waals surface area (Å²) in [4.78, 5) is 16.3. The summed E-state index contributed by atoms with van der Waals surface area (Å²) in [6.45, 7) is 1.91. The second kappa shape index (κ2) is 8.41. The molecule has 0 spiro atoms. The van der Waals surface area contributed by atoms with Crippen molar-refractivity contribution >= 4 is 17.5 Å². The minimum Gasteiger partial charge on any atom is -0.493 e. The Labute approximate surface area is 158 Å². The van der Waals surface area contributed by atoms with E-state index in [4.69, 9.17) is 21.1 Å². The number of pyridine rings is 1. The van der Waals surface area contributed by atoms with Gasteiger partial charge in [0.2, 0.25) is 0 Å². The van der Waals surface area contributed by atoms with Crippen LogP contribution in [0.1, 0.15) is 54.6 Å². The highest BCUT2D eigenvalue weighted by atomic mass is 35.5. The molecule has 3 rings (SSSR count). The molecule has 1 saturated carbocycles. The Balaban J connectivity index is 1.71. The van der Waals surface area contributed by atoms with Crippen LogP contribution < -0.4 is 14.8 Å². The van der Waals surface area contributed by atoms with Crippen LogP contribution >= 0.6 is 11.6 Å². The Morgan fingerprint density at radius 3 is 2.73 bits per heavy atom. The van der Waals surface area contributed by atoms with Crippen LogP contribution in [0.3, 0.4) is 0 Å². The molecule has 1 aromatic heterocycles. The smallest absolute Gasteiger partial charge is 0.254 e. The number of carbonyl (C=O) groups is 1. The maximum absolute atomic E-state index is 12.4. The van der Waals surface area contributed by atoms with Gasteiger partial charge in [-0.05, 0) is 62.4 Å². The number of methoxy groups -OCH3 is 1. The molecule has 1 unspecified atom stereocenters. The first-order valence-electron chi connectivity index (χ1n) is 8.84. The van der Waals surface area contributed by atoms with Gasteiger partial charge in [-0.25, -0.2) is 4.98 Å². The van der Waals surface area contributed by atoms with Crippen LogP contribution in [0.25, 0.3) is 0 Å². The van der Waals surface area contributed by atoms with Crippen molar-refractivity contribution in [3.63, 3.8) is 0 Å². The summed E-state index contributed by atoms with van der Waals surface area (Å²) in [5.41, 5.74) is 1.28. The summed E-state index contributed by atoms with van der Waals surface area (Å²) in [7, 11) is 1.62. The molecular weight excluding hydrogens is 352 g/mol. The van der Waals surface area contributed by atoms with E-state index in [1.165, 1.54) is 12.8 Å². The number of aromatic nitrogens is 1. The van der Waals surface area contributed by atoms with Crippen molar-refractivity contribution < 1.29 is 14.3 Å². The number of nitrogens with one attached hydrogen (secondary N) is 1. The third-order valence-electron chi connectivity index (χ3n) is 4.63. The summed E-state index contributed by atoms with van der Waals surface area (Å²) in [5, 5.41) is 3.13. The number of hydrogen-bond acceptors (Lipinski definition) is 4. The van der Waals surface area contributed by atoms with E-state index in [2.05, 4.69) is 10.3 Å². The lowest BCUT2D eigenvalue weighted by Crippen LogP contribution is -2.27. The SMILES string of the molecule is COc1cc(C(C)NC(=O)c2cccnc2Cl)ccc1OC1CCCC1. The zero-order valence-electron chi connectivity index (χ0n) is 15.0. The molecule has 1 atom stereocenters. The zero-order valence-corrected chi connectivity index (χ0v) is 15.8. The van der Waals surface area contributed by atoms with Gasteiger partial charge in [0.1, 0.15) is 5.15 Å². The largest absolute Gasteiger partial charge is 0.493 e. The number of benzene rings is 1. The predicted molar refractivity (Wildman–Crippen MR) is 101 cm³/mol. The van der Waals surface area contributed by atoms with Gasteiger partial charge in [-0.15, -0.1) is 0 Å². The molecule has 0 radical (unpaired) electrons. The monoisotopic (exact) mass is 374 g/mol. The summed E-state index contributed by atoms with van der Waals surface area (Å²) in [6.07, 6.45) is 6.42. The van der Waals surface area contributed by atoms with Gasteiger partial charge >= 0.3 is 0 Å². The van der Waals surface area contributed by atoms with Gasteiger partial charge in [-0.3, -0.25) is 4.79 Å². The lowest BCUT2D eigenvalue weighted by Gasteiger charge is -2.19. The molecule has 0 bridgehead atoms. The van der Waals surface area contributed by atoms with Crippen molar-refractivity contribution in [3.05, 3.63) is 52.8 Å². The molecular formula is C20H23ClN2O3. The van der Waals surface area contributed by atoms with Gasteiger partial charge < -0.3 is 14.8 Å². The second-order valence-corrected chi connectivity index (χ2v) is 6.83. The number of carbonyl (C=O) groups excluding carboxylic acids is 1. The fourth-order valence-corrected chi connectivity index (χ4v) is 3.35. The van der Waals surface area contributed by atoms with E-state index < -0.39 is 0 Å². The average Bonchev–Trinajstić information content (AvgIpc) is 3.15. The minimum absolute atomic E-state index is 0.190. The average molecular weight is 375 g/mol. The highest BCUT2D eigenvalue weighted by Crippen LogP contribution is 2.33. The molecule has 1 aliphatic carbocycles. The fourth-order valence-electron chi connectivity index (χ4n) is 3.15. The van der Waals surface area contributed by atoms with Gasteiger partial charge in [0.25, 0.3) is 5.91 Å². The maximum Gasteiger partial charge on any atom is 0.254 e. The first kappa shape index (κ1) is 18.5. The van der Waals surface area contributed by atoms with Crippen molar-refractivity contribution in [3.8, 4) is 11.5 Å². The number of hydrogen-bond donors (Lipinski definition) is 1. The standard InChI is InChI=1S/C20H23ClN2O3/c1-13(23-20(24)16-8-5-11-22-19(16)21)14-9-10-17(18(12-14)25-2)26-15-6-3-4-7-15/h5,8-13,15H,3-4,6-7H2,1-2H3,(H,23,24). The van der Waals surface area contributed by atoms with Crippen LogP contribution in [0.15, 0.2) is 36.5 Å². The van der Waals surface area contributed by atoms with E-state index >= 15 is 0 Å². The van der Waals surface area contributed by atoms with Gasteiger partial charge in [0.15, 0.2) is 11.5 Å². The Hall–Kier alpha value is -2.27. The van der Waals surface area contributed by atoms with Crippen molar-refractivity contribution in [2.45, 2.75) is 44.8 Å². The predicted octanol–water partition coefficient (Wildman–Crippen LogP) is 4.56. The molecule has 26 heavy (non-hydrogen) atoms. The van der Waals surface area contributed by atoms with Crippen molar-refractivity contribution in [1.82, 2.24) is 10.3 Å². The molecule has 1 aliphatic rings. The quantitative estimate of drug-likeness (QED) is 0.753. The number of rotatable bonds is 6. The lowest BCUT2D eigenvalue weighted by atomic mass is 10.1. The van der Waals surface area contributed by atoms with E-state index in [0.717, 1.165) is 24.2 Å². The van der Waals surface area contributed by atoms with E-state index in [9.17, 15) is 4.79 Å². The minimum atomic E-state index is -0.263. The number of ether oxygens (including phenoxy) is 2. The van der Waals surface area contributed by atoms with E-state index in [1.54, 1.807) is 25.4 Å². The highest BCUT2D eigenvalue weighted by molar-refractivity contribution is 6.32. The molecule has 0 saturated heterocycles. The maximum atomic E-state index is 12.4. The summed E-state index contributed by atoms with van der Waals surface area (Å²) >= 11 is 5.99. The molecule has 5 nitrogen and oxygen atoms in total. The Kier molecular flexibility index (Phi) is 5.99. The topological polar surface area (TPSA) is 60.5 Å². The van der Waals surface area contributed by atoms with E-state index in [1.807, 2.05) is 25.1 Å². The Morgan fingerprint density at radius 2 is 2.04 bits per heavy atom. The number of nitrogens with zero attached hydrogens (tertiary/aromatic N) is 1. The van der Waals surface area contributed by atoms with Gasteiger partial charge in [0, 0.05) is 6.20 Å². The van der Waals surface area contributed by atoms with Crippen molar-refractivity contribution in [2.75, 3.05) is 7.11 Å². The van der Waals surface area contributed by atoms with Gasteiger partial charge in [0.05, 0.1) is 24.8 Å². The molecule has 1 heterocycles. The van der Waals surface area contributed by atoms with Crippen LogP contribution in [0.2, 0.25) is 5.15 Å². The first-order chi connectivity index (χ1) is 12.6. The van der Waals surface area contributed by atoms with Crippen LogP contribution in [-0.2, 0) is 0 Å². The lowest BCUT2D eigenvalue weighted by molar-refractivity contribution is 0.0939. The van der Waals surface area contributed by atoms with Crippen molar-refractivity contribution in [2.24, 2.45) is 0 Å². The third-order valence-corrected chi connectivity index (χ3v) is 4.94. The third kappa shape index (κ3) is 4.28. The molecule has 6 heteroatoms. The van der Waals surface area contributed by atoms with Gasteiger partial charge in [-0.1, -0.05) is 17.7 Å². The molecule has 2 aromatic rings. The zero-order chi connectivity index (χ0) is 18.5. The molecule has 1 N–H and O–H groups in total. The van der Waals surface area contributed by atoms with Crippen molar-refractivity contribution in [1.29, 1.82) is 0 Å². The van der Waals surface area contributed by atoms with Crippen LogP contribution in [0, 0.1) is 0 Å². The highest BCUT2D eigenvalue weighted by Gasteiger charge is 2.20. The molecule has 1 amide bonds. The van der Waals surface area contributed by atoms with Crippen LogP contribution in [0.4, 0.5) is 0 Å². The molecule has 0 aliphatic heterocycles. The second-order valence-electron chi connectivity index (χ2n) is 6.47. The van der Waals surface area contributed by atoms with E-state index in [0.29, 0.717) is 11.3 Å². The Bertz CT molecular complexity index is 775. The molecule has 1 aromatic carbocycles. The van der Waals surface area contributed by atoms with Gasteiger partial charge in [-0.2, -0.15) is 0 Å². The summed E-state index contributed by atoms with van der Waals surface area (Å²) in [6, 6.07) is 8.88. The number of amides is 1. The molecule has 138 valence electrons. The van der Waals surface area contributed by atoms with Crippen LogP contribution in [-0.4, -0.2) is 24.1 Å². The summed E-state index contributed by atoms with van der Waals surface area (Å²) in [5.74, 6) is 1.16. The normalized spacial score (nSPS) is 15.5. The summed E-state index contributed by atoms with van der Waals surface area (Å²) < 4.78 is 11.5. The number of halogens is 1. The fraction of sp³-hybridized carbons (Fsp3) is 0.400. The molecule has 1 fully saturated rings. The van der Waals surface area contributed by atoms with E-state index in [-0.39, 0.29) is 23.2 Å².